The maximum absolute atomic E-state index is 6.49. The Hall–Kier alpha value is -5.02. The molecule has 0 saturated heterocycles. The third-order valence-electron chi connectivity index (χ3n) is 7.37. The van der Waals surface area contributed by atoms with Gasteiger partial charge in [0, 0.05) is 27.5 Å². The van der Waals surface area contributed by atoms with Gasteiger partial charge in [0.15, 0.2) is 11.5 Å². The summed E-state index contributed by atoms with van der Waals surface area (Å²) in [6, 6.07) is 44.7. The van der Waals surface area contributed by atoms with Gasteiger partial charge >= 0.3 is 0 Å². The highest BCUT2D eigenvalue weighted by Crippen LogP contribution is 2.51. The molecule has 0 saturated carbocycles. The number of para-hydroxylation sites is 3. The molecule has 0 atom stereocenters. The molecular weight excluding hydrogens is 452 g/mol. The Morgan fingerprint density at radius 3 is 2.27 bits per heavy atom. The van der Waals surface area contributed by atoms with E-state index >= 15 is 0 Å². The molecule has 0 amide bonds. The average Bonchev–Trinajstić information content (AvgIpc) is 3.35. The van der Waals surface area contributed by atoms with Crippen molar-refractivity contribution in [2.75, 3.05) is 4.90 Å². The van der Waals surface area contributed by atoms with Crippen LogP contribution >= 0.6 is 0 Å². The Balaban J connectivity index is 1.37. The zero-order valence-corrected chi connectivity index (χ0v) is 20.0. The third kappa shape index (κ3) is 3.01. The minimum Gasteiger partial charge on any atom is -0.453 e. The molecule has 0 fully saturated rings. The van der Waals surface area contributed by atoms with Gasteiger partial charge in [0.1, 0.15) is 0 Å². The average molecular weight is 475 g/mol. The lowest BCUT2D eigenvalue weighted by Crippen LogP contribution is -2.15. The molecule has 0 unspecified atom stereocenters. The molecule has 7 aromatic rings. The maximum Gasteiger partial charge on any atom is 0.152 e. The summed E-state index contributed by atoms with van der Waals surface area (Å²) in [5, 5.41) is 5.01. The fourth-order valence-corrected chi connectivity index (χ4v) is 5.74. The molecule has 8 rings (SSSR count). The molecule has 2 heterocycles. The zero-order valence-electron chi connectivity index (χ0n) is 20.0. The van der Waals surface area contributed by atoms with E-state index < -0.39 is 0 Å². The molecule has 1 aliphatic rings. The first kappa shape index (κ1) is 20.2. The summed E-state index contributed by atoms with van der Waals surface area (Å²) >= 11 is 0. The minimum atomic E-state index is 0.849. The second-order valence-electron chi connectivity index (χ2n) is 9.49. The molecule has 37 heavy (non-hydrogen) atoms. The van der Waals surface area contributed by atoms with Crippen LogP contribution in [0.25, 0.3) is 43.7 Å². The van der Waals surface area contributed by atoms with Crippen molar-refractivity contribution in [1.29, 1.82) is 0 Å². The number of benzene rings is 6. The van der Waals surface area contributed by atoms with Crippen molar-refractivity contribution >= 4 is 49.6 Å². The van der Waals surface area contributed by atoms with Crippen molar-refractivity contribution in [3.05, 3.63) is 127 Å². The predicted octanol–water partition coefficient (Wildman–Crippen LogP) is 9.72. The highest BCUT2D eigenvalue weighted by Gasteiger charge is 2.26. The van der Waals surface area contributed by atoms with E-state index in [0.29, 0.717) is 0 Å². The molecule has 1 aromatic heterocycles. The van der Waals surface area contributed by atoms with Gasteiger partial charge in [-0.25, -0.2) is 0 Å². The second-order valence-corrected chi connectivity index (χ2v) is 9.49. The monoisotopic (exact) mass is 474 g/mol. The van der Waals surface area contributed by atoms with E-state index in [9.17, 15) is 0 Å². The number of nitrogens with one attached hydrogen (secondary N) is 1. The molecule has 1 N–H and O–H groups in total. The Labute approximate surface area is 214 Å². The highest BCUT2D eigenvalue weighted by molar-refractivity contribution is 6.24. The Kier molecular flexibility index (Phi) is 4.23. The molecule has 3 heteroatoms. The van der Waals surface area contributed by atoms with Crippen molar-refractivity contribution in [2.24, 2.45) is 0 Å². The first-order chi connectivity index (χ1) is 18.3. The summed E-state index contributed by atoms with van der Waals surface area (Å²) in [4.78, 5) is 5.92. The standard InChI is InChI=1S/C34H22N2O/c1-2-10-24(11-3-1)36-29-15-6-7-16-31(29)37-32-21-23(18-20-30(32)36)26-13-8-14-27-34(26)33-25-12-5-4-9-22(25)17-19-28(33)35-27/h1-21,35H. The predicted molar refractivity (Wildman–Crippen MR) is 154 cm³/mol. The SMILES string of the molecule is c1ccc(N2c3ccccc3Oc3cc(-c4cccc5[nH]c6ccc7ccccc7c6c45)ccc32)cc1. The van der Waals surface area contributed by atoms with Gasteiger partial charge in [0.05, 0.1) is 11.4 Å². The van der Waals surface area contributed by atoms with Crippen LogP contribution in [0.5, 0.6) is 11.5 Å². The van der Waals surface area contributed by atoms with E-state index in [4.69, 9.17) is 4.74 Å². The normalized spacial score (nSPS) is 12.5. The summed E-state index contributed by atoms with van der Waals surface area (Å²) in [5.74, 6) is 1.70. The number of nitrogens with zero attached hydrogens (tertiary/aromatic N) is 1. The van der Waals surface area contributed by atoms with Gasteiger partial charge in [-0.2, -0.15) is 0 Å². The smallest absolute Gasteiger partial charge is 0.152 e. The van der Waals surface area contributed by atoms with Crippen molar-refractivity contribution in [3.63, 3.8) is 0 Å². The second kappa shape index (κ2) is 7.74. The number of rotatable bonds is 2. The minimum absolute atomic E-state index is 0.849. The van der Waals surface area contributed by atoms with Gasteiger partial charge in [-0.3, -0.25) is 0 Å². The van der Waals surface area contributed by atoms with Crippen LogP contribution in [0, 0.1) is 0 Å². The lowest BCUT2D eigenvalue weighted by molar-refractivity contribution is 0.477. The van der Waals surface area contributed by atoms with E-state index in [2.05, 4.69) is 119 Å². The van der Waals surface area contributed by atoms with E-state index in [0.717, 1.165) is 45.2 Å². The number of anilines is 3. The quantitative estimate of drug-likeness (QED) is 0.270. The molecule has 3 nitrogen and oxygen atoms in total. The first-order valence-electron chi connectivity index (χ1n) is 12.5. The van der Waals surface area contributed by atoms with E-state index in [1.807, 2.05) is 18.2 Å². The summed E-state index contributed by atoms with van der Waals surface area (Å²) in [7, 11) is 0. The molecule has 0 aliphatic carbocycles. The largest absolute Gasteiger partial charge is 0.453 e. The number of aromatic amines is 1. The molecule has 174 valence electrons. The summed E-state index contributed by atoms with van der Waals surface area (Å²) < 4.78 is 6.49. The van der Waals surface area contributed by atoms with E-state index in [1.54, 1.807) is 0 Å². The lowest BCUT2D eigenvalue weighted by Gasteiger charge is -2.33. The summed E-state index contributed by atoms with van der Waals surface area (Å²) in [6.45, 7) is 0. The van der Waals surface area contributed by atoms with Crippen molar-refractivity contribution in [1.82, 2.24) is 4.98 Å². The molecule has 0 radical (unpaired) electrons. The topological polar surface area (TPSA) is 28.3 Å². The van der Waals surface area contributed by atoms with Gasteiger partial charge in [0.2, 0.25) is 0 Å². The van der Waals surface area contributed by atoms with Crippen molar-refractivity contribution in [3.8, 4) is 22.6 Å². The molecule has 0 spiro atoms. The van der Waals surface area contributed by atoms with Gasteiger partial charge in [-0.15, -0.1) is 0 Å². The fourth-order valence-electron chi connectivity index (χ4n) is 5.74. The Bertz CT molecular complexity index is 1970. The van der Waals surface area contributed by atoms with Gasteiger partial charge in [0.25, 0.3) is 0 Å². The molecular formula is C34H22N2O. The maximum atomic E-state index is 6.49. The van der Waals surface area contributed by atoms with Crippen molar-refractivity contribution < 1.29 is 4.74 Å². The van der Waals surface area contributed by atoms with Crippen molar-refractivity contribution in [2.45, 2.75) is 0 Å². The van der Waals surface area contributed by atoms with E-state index in [-0.39, 0.29) is 0 Å². The molecule has 1 aliphatic heterocycles. The lowest BCUT2D eigenvalue weighted by atomic mass is 9.96. The summed E-state index contributed by atoms with van der Waals surface area (Å²) in [5.41, 5.74) is 7.79. The van der Waals surface area contributed by atoms with Gasteiger partial charge in [-0.05, 0) is 70.4 Å². The summed E-state index contributed by atoms with van der Waals surface area (Å²) in [6.07, 6.45) is 0. The van der Waals surface area contributed by atoms with Gasteiger partial charge in [-0.1, -0.05) is 78.9 Å². The number of ether oxygens (including phenoxy) is 1. The van der Waals surface area contributed by atoms with Gasteiger partial charge < -0.3 is 14.6 Å². The Morgan fingerprint density at radius 2 is 1.32 bits per heavy atom. The van der Waals surface area contributed by atoms with Crippen LogP contribution in [0.1, 0.15) is 0 Å². The van der Waals surface area contributed by atoms with Crippen LogP contribution in [0.2, 0.25) is 0 Å². The van der Waals surface area contributed by atoms with E-state index in [1.165, 1.54) is 27.1 Å². The number of hydrogen-bond donors (Lipinski definition) is 1. The van der Waals surface area contributed by atoms with Crippen LogP contribution in [0.3, 0.4) is 0 Å². The number of H-pyrrole nitrogens is 1. The third-order valence-corrected chi connectivity index (χ3v) is 7.37. The zero-order chi connectivity index (χ0) is 24.3. The number of aromatic nitrogens is 1. The first-order valence-corrected chi connectivity index (χ1v) is 12.5. The highest BCUT2D eigenvalue weighted by atomic mass is 16.5. The number of fused-ring (bicyclic) bond motifs is 7. The Morgan fingerprint density at radius 1 is 0.541 bits per heavy atom. The van der Waals surface area contributed by atoms with Crippen LogP contribution in [-0.4, -0.2) is 4.98 Å². The van der Waals surface area contributed by atoms with Crippen LogP contribution in [0.15, 0.2) is 127 Å². The molecule has 6 aromatic carbocycles. The van der Waals surface area contributed by atoms with Crippen LogP contribution in [0.4, 0.5) is 17.1 Å². The molecule has 0 bridgehead atoms. The van der Waals surface area contributed by atoms with Crippen LogP contribution < -0.4 is 9.64 Å². The fraction of sp³-hybridized carbons (Fsp3) is 0. The van der Waals surface area contributed by atoms with Crippen LogP contribution in [-0.2, 0) is 0 Å². The number of hydrogen-bond acceptors (Lipinski definition) is 2.